The number of nitrogens with two attached hydrogens (primary N) is 1. The Morgan fingerprint density at radius 1 is 1.32 bits per heavy atom. The fourth-order valence-electron chi connectivity index (χ4n) is 2.29. The van der Waals surface area contributed by atoms with Crippen molar-refractivity contribution in [2.24, 2.45) is 0 Å². The van der Waals surface area contributed by atoms with Crippen LogP contribution in [-0.2, 0) is 11.3 Å². The second kappa shape index (κ2) is 6.56. The molecular formula is C16H16ClN5O3. The zero-order chi connectivity index (χ0) is 18.1. The lowest BCUT2D eigenvalue weighted by atomic mass is 10.1. The van der Waals surface area contributed by atoms with Gasteiger partial charge in [-0.15, -0.1) is 0 Å². The van der Waals surface area contributed by atoms with E-state index in [1.807, 2.05) is 6.07 Å². The third kappa shape index (κ3) is 3.34. The number of aryl methyl sites for hydroxylation is 1. The van der Waals surface area contributed by atoms with Gasteiger partial charge in [-0.25, -0.2) is 4.79 Å². The molecule has 9 heteroatoms. The minimum atomic E-state index is -0.629. The van der Waals surface area contributed by atoms with Crippen LogP contribution in [-0.4, -0.2) is 35.0 Å². The number of carbonyl (C=O) groups excluding carboxylic acids is 1. The van der Waals surface area contributed by atoms with Crippen LogP contribution in [0.15, 0.2) is 22.6 Å². The van der Waals surface area contributed by atoms with E-state index in [0.29, 0.717) is 22.1 Å². The van der Waals surface area contributed by atoms with Gasteiger partial charge in [0.1, 0.15) is 0 Å². The molecule has 0 aliphatic heterocycles. The van der Waals surface area contributed by atoms with E-state index in [4.69, 9.17) is 26.5 Å². The van der Waals surface area contributed by atoms with Gasteiger partial charge in [0.15, 0.2) is 18.0 Å². The monoisotopic (exact) mass is 361 g/mol. The minimum absolute atomic E-state index is 0.0523. The van der Waals surface area contributed by atoms with E-state index in [1.54, 1.807) is 38.1 Å². The molecule has 25 heavy (non-hydrogen) atoms. The minimum Gasteiger partial charge on any atom is -0.452 e. The predicted octanol–water partition coefficient (Wildman–Crippen LogP) is 2.58. The van der Waals surface area contributed by atoms with Gasteiger partial charge < -0.3 is 19.8 Å². The predicted molar refractivity (Wildman–Crippen MR) is 93.6 cm³/mol. The standard InChI is InChI=1S/C16H16ClN5O3/c1-8-9-5-4-6-10(17)13(9)25-12(8)14(23)24-7-11-19-15(18)21-16(20-11)22(2)3/h4-6H,7H2,1-3H3,(H2,18,19,20,21). The van der Waals surface area contributed by atoms with Crippen LogP contribution in [0.2, 0.25) is 5.02 Å². The molecule has 8 nitrogen and oxygen atoms in total. The molecule has 0 aliphatic carbocycles. The number of hydrogen-bond acceptors (Lipinski definition) is 8. The Bertz CT molecular complexity index is 954. The summed E-state index contributed by atoms with van der Waals surface area (Å²) in [5.74, 6) is 0.145. The number of ether oxygens (including phenoxy) is 1. The van der Waals surface area contributed by atoms with Crippen molar-refractivity contribution in [3.63, 3.8) is 0 Å². The van der Waals surface area contributed by atoms with Gasteiger partial charge in [0.05, 0.1) is 5.02 Å². The third-order valence-corrected chi connectivity index (χ3v) is 3.82. The highest BCUT2D eigenvalue weighted by Crippen LogP contribution is 2.31. The van der Waals surface area contributed by atoms with E-state index in [0.717, 1.165) is 5.39 Å². The molecule has 1 aromatic carbocycles. The molecule has 130 valence electrons. The molecule has 0 spiro atoms. The molecule has 0 fully saturated rings. The normalized spacial score (nSPS) is 10.9. The van der Waals surface area contributed by atoms with Crippen molar-refractivity contribution >= 4 is 40.4 Å². The molecule has 3 aromatic rings. The van der Waals surface area contributed by atoms with Gasteiger partial charge >= 0.3 is 5.97 Å². The number of halogens is 1. The second-order valence-electron chi connectivity index (χ2n) is 5.55. The molecule has 0 saturated carbocycles. The second-order valence-corrected chi connectivity index (χ2v) is 5.96. The highest BCUT2D eigenvalue weighted by molar-refractivity contribution is 6.35. The van der Waals surface area contributed by atoms with E-state index in [2.05, 4.69) is 15.0 Å². The summed E-state index contributed by atoms with van der Waals surface area (Å²) in [4.78, 5) is 26.1. The molecule has 0 saturated heterocycles. The number of para-hydroxylation sites is 1. The number of esters is 1. The van der Waals surface area contributed by atoms with Crippen molar-refractivity contribution in [3.05, 3.63) is 40.4 Å². The Hall–Kier alpha value is -2.87. The first-order chi connectivity index (χ1) is 11.9. The highest BCUT2D eigenvalue weighted by Gasteiger charge is 2.21. The summed E-state index contributed by atoms with van der Waals surface area (Å²) in [6.07, 6.45) is 0. The van der Waals surface area contributed by atoms with E-state index in [1.165, 1.54) is 0 Å². The van der Waals surface area contributed by atoms with Crippen molar-refractivity contribution in [2.45, 2.75) is 13.5 Å². The lowest BCUT2D eigenvalue weighted by Gasteiger charge is -2.11. The number of fused-ring (bicyclic) bond motifs is 1. The fraction of sp³-hybridized carbons (Fsp3) is 0.250. The largest absolute Gasteiger partial charge is 0.452 e. The van der Waals surface area contributed by atoms with Crippen LogP contribution < -0.4 is 10.6 Å². The van der Waals surface area contributed by atoms with Crippen molar-refractivity contribution in [2.75, 3.05) is 24.7 Å². The Morgan fingerprint density at radius 3 is 2.76 bits per heavy atom. The number of benzene rings is 1. The van der Waals surface area contributed by atoms with Gasteiger partial charge in [0, 0.05) is 25.0 Å². The third-order valence-electron chi connectivity index (χ3n) is 3.52. The van der Waals surface area contributed by atoms with Crippen LogP contribution in [0.5, 0.6) is 0 Å². The molecule has 0 aliphatic rings. The molecule has 3 rings (SSSR count). The quantitative estimate of drug-likeness (QED) is 0.706. The number of furan rings is 1. The van der Waals surface area contributed by atoms with Gasteiger partial charge in [-0.05, 0) is 13.0 Å². The van der Waals surface area contributed by atoms with Crippen LogP contribution in [0.25, 0.3) is 11.0 Å². The maximum Gasteiger partial charge on any atom is 0.375 e. The SMILES string of the molecule is Cc1c(C(=O)OCc2nc(N)nc(N(C)C)n2)oc2c(Cl)cccc12. The molecule has 0 bridgehead atoms. The van der Waals surface area contributed by atoms with Crippen LogP contribution >= 0.6 is 11.6 Å². The molecule has 2 aromatic heterocycles. The van der Waals surface area contributed by atoms with Crippen LogP contribution in [0.1, 0.15) is 21.9 Å². The topological polar surface area (TPSA) is 107 Å². The van der Waals surface area contributed by atoms with Crippen molar-refractivity contribution in [3.8, 4) is 0 Å². The van der Waals surface area contributed by atoms with Gasteiger partial charge in [-0.1, -0.05) is 23.7 Å². The lowest BCUT2D eigenvalue weighted by Crippen LogP contribution is -2.17. The number of aromatic nitrogens is 3. The number of carbonyl (C=O) groups is 1. The van der Waals surface area contributed by atoms with E-state index < -0.39 is 5.97 Å². The van der Waals surface area contributed by atoms with Crippen molar-refractivity contribution in [1.29, 1.82) is 0 Å². The molecule has 2 N–H and O–H groups in total. The first-order valence-electron chi connectivity index (χ1n) is 7.39. The van der Waals surface area contributed by atoms with Crippen molar-refractivity contribution < 1.29 is 13.9 Å². The molecule has 0 amide bonds. The van der Waals surface area contributed by atoms with Gasteiger partial charge in [-0.2, -0.15) is 15.0 Å². The number of hydrogen-bond donors (Lipinski definition) is 1. The average Bonchev–Trinajstić information content (AvgIpc) is 2.91. The number of nitrogens with zero attached hydrogens (tertiary/aromatic N) is 4. The maximum atomic E-state index is 12.4. The molecule has 0 unspecified atom stereocenters. The molecule has 0 atom stereocenters. The van der Waals surface area contributed by atoms with E-state index in [9.17, 15) is 4.79 Å². The van der Waals surface area contributed by atoms with E-state index >= 15 is 0 Å². The molecular weight excluding hydrogens is 346 g/mol. The summed E-state index contributed by atoms with van der Waals surface area (Å²) < 4.78 is 10.8. The van der Waals surface area contributed by atoms with Crippen LogP contribution in [0.4, 0.5) is 11.9 Å². The zero-order valence-electron chi connectivity index (χ0n) is 13.9. The van der Waals surface area contributed by atoms with Crippen LogP contribution in [0.3, 0.4) is 0 Å². The van der Waals surface area contributed by atoms with Crippen LogP contribution in [0, 0.1) is 6.92 Å². The summed E-state index contributed by atoms with van der Waals surface area (Å²) in [5, 5.41) is 1.19. The number of nitrogen functional groups attached to an aromatic ring is 1. The Labute approximate surface area is 148 Å². The zero-order valence-corrected chi connectivity index (χ0v) is 14.7. The fourth-order valence-corrected chi connectivity index (χ4v) is 2.50. The molecule has 0 radical (unpaired) electrons. The summed E-state index contributed by atoms with van der Waals surface area (Å²) in [6.45, 7) is 1.61. The molecule has 2 heterocycles. The number of rotatable bonds is 4. The Balaban J connectivity index is 1.82. The first-order valence-corrected chi connectivity index (χ1v) is 7.77. The van der Waals surface area contributed by atoms with Crippen molar-refractivity contribution in [1.82, 2.24) is 15.0 Å². The van der Waals surface area contributed by atoms with Gasteiger partial charge in [0.25, 0.3) is 0 Å². The van der Waals surface area contributed by atoms with E-state index in [-0.39, 0.29) is 24.1 Å². The average molecular weight is 362 g/mol. The Kier molecular flexibility index (Phi) is 4.45. The van der Waals surface area contributed by atoms with Gasteiger partial charge in [0.2, 0.25) is 17.7 Å². The lowest BCUT2D eigenvalue weighted by molar-refractivity contribution is 0.0427. The summed E-state index contributed by atoms with van der Waals surface area (Å²) in [5.41, 5.74) is 6.75. The maximum absolute atomic E-state index is 12.4. The van der Waals surface area contributed by atoms with Gasteiger partial charge in [-0.3, -0.25) is 0 Å². The highest BCUT2D eigenvalue weighted by atomic mass is 35.5. The summed E-state index contributed by atoms with van der Waals surface area (Å²) in [6, 6.07) is 5.31. The number of anilines is 2. The Morgan fingerprint density at radius 2 is 2.08 bits per heavy atom. The first kappa shape index (κ1) is 17.0. The smallest absolute Gasteiger partial charge is 0.375 e. The summed E-state index contributed by atoms with van der Waals surface area (Å²) >= 11 is 6.09. The summed E-state index contributed by atoms with van der Waals surface area (Å²) in [7, 11) is 3.54.